The van der Waals surface area contributed by atoms with Gasteiger partial charge in [-0.15, -0.1) is 0 Å². The summed E-state index contributed by atoms with van der Waals surface area (Å²) in [5.74, 6) is 0. The van der Waals surface area contributed by atoms with Gasteiger partial charge in [-0.25, -0.2) is 0 Å². The van der Waals surface area contributed by atoms with Crippen molar-refractivity contribution in [2.75, 3.05) is 0 Å². The van der Waals surface area contributed by atoms with E-state index < -0.39 is 6.10 Å². The summed E-state index contributed by atoms with van der Waals surface area (Å²) in [5, 5.41) is 10.1. The van der Waals surface area contributed by atoms with Crippen LogP contribution in [0.15, 0.2) is 41.3 Å². The summed E-state index contributed by atoms with van der Waals surface area (Å²) in [5.41, 5.74) is 2.80. The van der Waals surface area contributed by atoms with Gasteiger partial charge in [-0.1, -0.05) is 0 Å². The van der Waals surface area contributed by atoms with Crippen LogP contribution in [-0.2, 0) is 6.42 Å². The highest BCUT2D eigenvalue weighted by Gasteiger charge is 2.09. The van der Waals surface area contributed by atoms with Crippen LogP contribution in [0.5, 0.6) is 0 Å². The molecule has 0 aliphatic heterocycles. The van der Waals surface area contributed by atoms with E-state index in [0.29, 0.717) is 6.42 Å². The molecule has 2 rings (SSSR count). The van der Waals surface area contributed by atoms with Gasteiger partial charge >= 0.3 is 0 Å². The minimum Gasteiger partial charge on any atom is -0.388 e. The van der Waals surface area contributed by atoms with Crippen molar-refractivity contribution in [1.29, 1.82) is 0 Å². The molecule has 17 heavy (non-hydrogen) atoms. The first-order chi connectivity index (χ1) is 8.15. The van der Waals surface area contributed by atoms with Gasteiger partial charge < -0.3 is 5.11 Å². The van der Waals surface area contributed by atoms with Gasteiger partial charge in [0.2, 0.25) is 0 Å². The van der Waals surface area contributed by atoms with Crippen LogP contribution in [0.4, 0.5) is 0 Å². The SMILES string of the molecule is Cc1cc(C(O)Cc2cncc(Br)c2)ccn1. The molecule has 0 aliphatic carbocycles. The number of pyridine rings is 2. The Hall–Kier alpha value is -1.26. The van der Waals surface area contributed by atoms with E-state index in [0.717, 1.165) is 21.3 Å². The lowest BCUT2D eigenvalue weighted by Gasteiger charge is -2.11. The summed E-state index contributed by atoms with van der Waals surface area (Å²) in [4.78, 5) is 8.19. The quantitative estimate of drug-likeness (QED) is 0.946. The molecule has 1 unspecified atom stereocenters. The summed E-state index contributed by atoms with van der Waals surface area (Å²) in [7, 11) is 0. The van der Waals surface area contributed by atoms with Gasteiger partial charge in [0.15, 0.2) is 0 Å². The van der Waals surface area contributed by atoms with Crippen molar-refractivity contribution in [2.45, 2.75) is 19.4 Å². The molecule has 88 valence electrons. The van der Waals surface area contributed by atoms with E-state index in [4.69, 9.17) is 0 Å². The van der Waals surface area contributed by atoms with Crippen molar-refractivity contribution >= 4 is 15.9 Å². The molecule has 2 heterocycles. The topological polar surface area (TPSA) is 46.0 Å². The first kappa shape index (κ1) is 12.2. The summed E-state index contributed by atoms with van der Waals surface area (Å²) >= 11 is 3.37. The summed E-state index contributed by atoms with van der Waals surface area (Å²) in [6.45, 7) is 1.91. The van der Waals surface area contributed by atoms with Crippen molar-refractivity contribution in [1.82, 2.24) is 9.97 Å². The van der Waals surface area contributed by atoms with E-state index in [1.807, 2.05) is 25.1 Å². The second kappa shape index (κ2) is 5.38. The second-order valence-electron chi connectivity index (χ2n) is 3.96. The smallest absolute Gasteiger partial charge is 0.0832 e. The Morgan fingerprint density at radius 3 is 2.88 bits per heavy atom. The van der Waals surface area contributed by atoms with Crippen molar-refractivity contribution in [3.63, 3.8) is 0 Å². The molecule has 0 amide bonds. The number of aliphatic hydroxyl groups is 1. The van der Waals surface area contributed by atoms with Gasteiger partial charge in [-0.3, -0.25) is 9.97 Å². The monoisotopic (exact) mass is 292 g/mol. The Morgan fingerprint density at radius 1 is 1.35 bits per heavy atom. The molecule has 1 N–H and O–H groups in total. The molecule has 0 fully saturated rings. The second-order valence-corrected chi connectivity index (χ2v) is 4.88. The van der Waals surface area contributed by atoms with E-state index in [2.05, 4.69) is 25.9 Å². The molecule has 0 aromatic carbocycles. The van der Waals surface area contributed by atoms with Gasteiger partial charge in [-0.2, -0.15) is 0 Å². The zero-order chi connectivity index (χ0) is 12.3. The van der Waals surface area contributed by atoms with Gasteiger partial charge in [0.25, 0.3) is 0 Å². The normalized spacial score (nSPS) is 12.4. The van der Waals surface area contributed by atoms with Crippen LogP contribution >= 0.6 is 15.9 Å². The van der Waals surface area contributed by atoms with E-state index in [1.165, 1.54) is 0 Å². The Morgan fingerprint density at radius 2 is 2.18 bits per heavy atom. The summed E-state index contributed by atoms with van der Waals surface area (Å²) < 4.78 is 0.924. The maximum Gasteiger partial charge on any atom is 0.0832 e. The Bertz CT molecular complexity index is 516. The molecule has 2 aromatic heterocycles. The van der Waals surface area contributed by atoms with E-state index in [9.17, 15) is 5.11 Å². The third-order valence-electron chi connectivity index (χ3n) is 2.50. The van der Waals surface area contributed by atoms with Crippen molar-refractivity contribution in [3.8, 4) is 0 Å². The molecule has 0 saturated heterocycles. The number of halogens is 1. The highest BCUT2D eigenvalue weighted by Crippen LogP contribution is 2.19. The molecule has 0 radical (unpaired) electrons. The fourth-order valence-corrected chi connectivity index (χ4v) is 2.10. The molecule has 0 bridgehead atoms. The van der Waals surface area contributed by atoms with Gasteiger partial charge in [-0.05, 0) is 52.2 Å². The predicted molar refractivity (Wildman–Crippen MR) is 69.6 cm³/mol. The zero-order valence-corrected chi connectivity index (χ0v) is 11.1. The fourth-order valence-electron chi connectivity index (χ4n) is 1.68. The third kappa shape index (κ3) is 3.35. The molecular weight excluding hydrogens is 280 g/mol. The minimum absolute atomic E-state index is 0.521. The van der Waals surface area contributed by atoms with Crippen LogP contribution in [-0.4, -0.2) is 15.1 Å². The standard InChI is InChI=1S/C13H13BrN2O/c1-9-4-11(2-3-16-9)13(17)6-10-5-12(14)8-15-7-10/h2-5,7-8,13,17H,6H2,1H3. The number of rotatable bonds is 3. The summed E-state index contributed by atoms with van der Waals surface area (Å²) in [6.07, 6.45) is 5.24. The lowest BCUT2D eigenvalue weighted by molar-refractivity contribution is 0.178. The molecule has 2 aromatic rings. The Labute approximate surface area is 109 Å². The van der Waals surface area contributed by atoms with Crippen molar-refractivity contribution in [2.24, 2.45) is 0 Å². The third-order valence-corrected chi connectivity index (χ3v) is 2.93. The van der Waals surface area contributed by atoms with Gasteiger partial charge in [0, 0.05) is 35.2 Å². The maximum atomic E-state index is 10.1. The number of nitrogens with zero attached hydrogens (tertiary/aromatic N) is 2. The zero-order valence-electron chi connectivity index (χ0n) is 9.47. The average Bonchev–Trinajstić information content (AvgIpc) is 2.29. The van der Waals surface area contributed by atoms with Crippen LogP contribution in [0, 0.1) is 6.92 Å². The molecule has 4 heteroatoms. The van der Waals surface area contributed by atoms with Gasteiger partial charge in [0.05, 0.1) is 6.10 Å². The van der Waals surface area contributed by atoms with Crippen LogP contribution < -0.4 is 0 Å². The summed E-state index contributed by atoms with van der Waals surface area (Å²) in [6, 6.07) is 5.70. The minimum atomic E-state index is -0.521. The lowest BCUT2D eigenvalue weighted by atomic mass is 10.0. The lowest BCUT2D eigenvalue weighted by Crippen LogP contribution is -2.03. The molecule has 1 atom stereocenters. The van der Waals surface area contributed by atoms with E-state index in [1.54, 1.807) is 18.6 Å². The van der Waals surface area contributed by atoms with Crippen molar-refractivity contribution < 1.29 is 5.11 Å². The predicted octanol–water partition coefficient (Wildman–Crippen LogP) is 2.82. The van der Waals surface area contributed by atoms with E-state index in [-0.39, 0.29) is 0 Å². The maximum absolute atomic E-state index is 10.1. The average molecular weight is 293 g/mol. The van der Waals surface area contributed by atoms with Crippen LogP contribution in [0.1, 0.15) is 22.9 Å². The Kier molecular flexibility index (Phi) is 3.86. The van der Waals surface area contributed by atoms with Crippen LogP contribution in [0.2, 0.25) is 0 Å². The Balaban J connectivity index is 2.14. The molecule has 0 spiro atoms. The number of aryl methyl sites for hydroxylation is 1. The molecule has 3 nitrogen and oxygen atoms in total. The largest absolute Gasteiger partial charge is 0.388 e. The number of aliphatic hydroxyl groups excluding tert-OH is 1. The molecular formula is C13H13BrN2O. The molecule has 0 aliphatic rings. The first-order valence-electron chi connectivity index (χ1n) is 5.35. The highest BCUT2D eigenvalue weighted by molar-refractivity contribution is 9.10. The van der Waals surface area contributed by atoms with Gasteiger partial charge in [0.1, 0.15) is 0 Å². The highest BCUT2D eigenvalue weighted by atomic mass is 79.9. The fraction of sp³-hybridized carbons (Fsp3) is 0.231. The van der Waals surface area contributed by atoms with Crippen molar-refractivity contribution in [3.05, 3.63) is 58.1 Å². The van der Waals surface area contributed by atoms with E-state index >= 15 is 0 Å². The number of hydrogen-bond acceptors (Lipinski definition) is 3. The van der Waals surface area contributed by atoms with Crippen LogP contribution in [0.3, 0.4) is 0 Å². The first-order valence-corrected chi connectivity index (χ1v) is 6.14. The number of hydrogen-bond donors (Lipinski definition) is 1. The number of aromatic nitrogens is 2. The van der Waals surface area contributed by atoms with Crippen LogP contribution in [0.25, 0.3) is 0 Å². The molecule has 0 saturated carbocycles.